The van der Waals surface area contributed by atoms with Crippen LogP contribution in [0.1, 0.15) is 23.2 Å². The van der Waals surface area contributed by atoms with Crippen molar-refractivity contribution in [2.75, 3.05) is 19.3 Å². The third-order valence-corrected chi connectivity index (χ3v) is 8.27. The number of carbonyl (C=O) groups excluding carboxylic acids is 3. The molecule has 0 aromatic heterocycles. The van der Waals surface area contributed by atoms with E-state index in [0.717, 1.165) is 11.2 Å². The second-order valence-corrected chi connectivity index (χ2v) is 11.5. The summed E-state index contributed by atoms with van der Waals surface area (Å²) in [5, 5.41) is 28.2. The van der Waals surface area contributed by atoms with E-state index in [2.05, 4.69) is 20.6 Å². The van der Waals surface area contributed by atoms with E-state index in [1.807, 2.05) is 0 Å². The molecule has 198 valence electrons. The number of rotatable bonds is 5. The maximum absolute atomic E-state index is 13.0. The van der Waals surface area contributed by atoms with E-state index in [4.69, 9.17) is 11.5 Å². The molecule has 3 amide bonds. The fourth-order valence-electron chi connectivity index (χ4n) is 5.36. The summed E-state index contributed by atoms with van der Waals surface area (Å²) in [6, 6.07) is 1.89. The molecule has 0 radical (unpaired) electrons. The highest BCUT2D eigenvalue weighted by Crippen LogP contribution is 2.45. The maximum Gasteiger partial charge on any atom is 0.251 e. The Morgan fingerprint density at radius 2 is 1.89 bits per heavy atom. The fraction of sp³-hybridized carbons (Fsp3) is 0.476. The van der Waals surface area contributed by atoms with Gasteiger partial charge in [-0.25, -0.2) is 18.4 Å². The number of imide groups is 1. The van der Waals surface area contributed by atoms with Crippen molar-refractivity contribution in [1.29, 1.82) is 0 Å². The number of nitrogens with one attached hydrogen (secondary N) is 2. The van der Waals surface area contributed by atoms with Gasteiger partial charge in [0.1, 0.15) is 12.1 Å². The number of likely N-dealkylation sites (tertiary alicyclic amines) is 1. The molecular formula is C21H26N8O7S. The van der Waals surface area contributed by atoms with Crippen LogP contribution in [0.3, 0.4) is 0 Å². The molecule has 1 aromatic rings. The first kappa shape index (κ1) is 24.9. The van der Waals surface area contributed by atoms with Crippen molar-refractivity contribution in [1.82, 2.24) is 20.4 Å². The van der Waals surface area contributed by atoms with Gasteiger partial charge in [-0.1, -0.05) is 6.07 Å². The summed E-state index contributed by atoms with van der Waals surface area (Å²) in [6.45, 7) is -0.414. The fourth-order valence-corrected chi connectivity index (χ4v) is 6.03. The molecule has 4 aliphatic rings. The largest absolute Gasteiger partial charge is 0.370 e. The molecule has 37 heavy (non-hydrogen) atoms. The summed E-state index contributed by atoms with van der Waals surface area (Å²) >= 11 is 0. The molecule has 15 nitrogen and oxygen atoms in total. The number of aliphatic imine (C=N–C) groups is 2. The Kier molecular flexibility index (Phi) is 5.47. The highest BCUT2D eigenvalue weighted by atomic mass is 32.2. The lowest BCUT2D eigenvalue weighted by Crippen LogP contribution is -2.78. The topological polar surface area (TPSA) is 233 Å². The minimum Gasteiger partial charge on any atom is -0.370 e. The third-order valence-electron chi connectivity index (χ3n) is 7.16. The van der Waals surface area contributed by atoms with Gasteiger partial charge < -0.3 is 37.2 Å². The predicted octanol–water partition coefficient (Wildman–Crippen LogP) is -3.99. The lowest BCUT2D eigenvalue weighted by Gasteiger charge is -2.49. The molecule has 0 aliphatic carbocycles. The number of aliphatic hydroxyl groups is 2. The van der Waals surface area contributed by atoms with Crippen molar-refractivity contribution in [2.45, 2.75) is 47.3 Å². The Balaban J connectivity index is 1.46. The van der Waals surface area contributed by atoms with E-state index < -0.39 is 45.3 Å². The van der Waals surface area contributed by atoms with Crippen LogP contribution in [-0.2, 0) is 19.4 Å². The first-order chi connectivity index (χ1) is 17.3. The molecule has 8 N–H and O–H groups in total. The van der Waals surface area contributed by atoms with Gasteiger partial charge in [0.05, 0.1) is 17.5 Å². The minimum atomic E-state index is -3.59. The summed E-state index contributed by atoms with van der Waals surface area (Å²) in [5.74, 6) is -4.55. The molecule has 4 aliphatic heterocycles. The van der Waals surface area contributed by atoms with Crippen LogP contribution >= 0.6 is 0 Å². The van der Waals surface area contributed by atoms with E-state index in [1.165, 1.54) is 29.2 Å². The molecule has 0 saturated carbocycles. The normalized spacial score (nSPS) is 30.4. The van der Waals surface area contributed by atoms with Gasteiger partial charge in [-0.05, 0) is 18.2 Å². The smallest absolute Gasteiger partial charge is 0.251 e. The van der Waals surface area contributed by atoms with Crippen molar-refractivity contribution in [3.8, 4) is 0 Å². The van der Waals surface area contributed by atoms with Crippen LogP contribution in [0.25, 0.3) is 0 Å². The summed E-state index contributed by atoms with van der Waals surface area (Å²) in [4.78, 5) is 48.4. The molecule has 0 bridgehead atoms. The number of nitrogens with two attached hydrogens (primary N) is 2. The van der Waals surface area contributed by atoms with E-state index in [9.17, 15) is 33.0 Å². The molecule has 4 heterocycles. The van der Waals surface area contributed by atoms with Crippen LogP contribution in [0.5, 0.6) is 0 Å². The second-order valence-electron chi connectivity index (χ2n) is 9.47. The third kappa shape index (κ3) is 3.70. The molecule has 0 unspecified atom stereocenters. The SMILES string of the molecule is CS(=O)(=O)c1cccc(C(=O)N[C@H]2CN3C(N)=N[C@@H](CN4C(=O)CCC4=O)[C@@H]4N=C(N)N[C@@]43C2(O)O)c1. The molecule has 4 atom stereocenters. The van der Waals surface area contributed by atoms with Crippen LogP contribution in [0, 0.1) is 0 Å². The van der Waals surface area contributed by atoms with Gasteiger partial charge >= 0.3 is 0 Å². The van der Waals surface area contributed by atoms with Gasteiger partial charge in [-0.2, -0.15) is 0 Å². The van der Waals surface area contributed by atoms with Gasteiger partial charge in [0.15, 0.2) is 27.4 Å². The lowest BCUT2D eigenvalue weighted by molar-refractivity contribution is -0.230. The highest BCUT2D eigenvalue weighted by Gasteiger charge is 2.73. The van der Waals surface area contributed by atoms with Gasteiger partial charge in [-0.15, -0.1) is 0 Å². The van der Waals surface area contributed by atoms with E-state index in [1.54, 1.807) is 0 Å². The Hall–Kier alpha value is -3.76. The van der Waals surface area contributed by atoms with Crippen molar-refractivity contribution >= 4 is 39.5 Å². The number of benzene rings is 1. The molecule has 1 spiro atoms. The molecular weight excluding hydrogens is 508 g/mol. The highest BCUT2D eigenvalue weighted by molar-refractivity contribution is 7.90. The van der Waals surface area contributed by atoms with Gasteiger partial charge in [0.25, 0.3) is 5.91 Å². The monoisotopic (exact) mass is 534 g/mol. The number of amides is 3. The quantitative estimate of drug-likeness (QED) is 0.157. The molecule has 16 heteroatoms. The molecule has 2 fully saturated rings. The second kappa shape index (κ2) is 8.12. The standard InChI is InChI=1S/C21H26N8O7S/c1-37(35,36)11-4-2-3-10(7-11)17(32)25-13-9-29-19(23)24-12(8-28-14(30)5-6-15(28)31)16-20(29,21(13,33)34)27-18(22)26-16/h2-4,7,12-13,16,33-34H,5-6,8-9H2,1H3,(H2,23,24)(H,25,32)(H3,22,26,27)/t12-,13-,16-,20-/m0/s1. The zero-order chi connectivity index (χ0) is 26.9. The Morgan fingerprint density at radius 3 is 2.54 bits per heavy atom. The summed E-state index contributed by atoms with van der Waals surface area (Å²) in [7, 11) is -3.59. The number of guanidine groups is 2. The predicted molar refractivity (Wildman–Crippen MR) is 127 cm³/mol. The minimum absolute atomic E-state index is 0.0154. The van der Waals surface area contributed by atoms with Crippen molar-refractivity contribution in [3.05, 3.63) is 29.8 Å². The Labute approximate surface area is 211 Å². The van der Waals surface area contributed by atoms with Gasteiger partial charge in [0.2, 0.25) is 17.6 Å². The first-order valence-corrected chi connectivity index (χ1v) is 13.3. The summed E-state index contributed by atoms with van der Waals surface area (Å²) in [5.41, 5.74) is 10.3. The molecule has 2 saturated heterocycles. The number of hydrogen-bond donors (Lipinski definition) is 6. The van der Waals surface area contributed by atoms with Crippen molar-refractivity contribution < 1.29 is 33.0 Å². The lowest BCUT2D eigenvalue weighted by atomic mass is 9.84. The van der Waals surface area contributed by atoms with E-state index >= 15 is 0 Å². The van der Waals surface area contributed by atoms with Crippen LogP contribution < -0.4 is 22.1 Å². The summed E-state index contributed by atoms with van der Waals surface area (Å²) < 4.78 is 23.8. The number of carbonyl (C=O) groups is 3. The molecule has 5 rings (SSSR count). The Bertz CT molecular complexity index is 1360. The van der Waals surface area contributed by atoms with Gasteiger partial charge in [-0.3, -0.25) is 19.3 Å². The van der Waals surface area contributed by atoms with Crippen LogP contribution in [0.2, 0.25) is 0 Å². The number of nitrogens with zero attached hydrogens (tertiary/aromatic N) is 4. The maximum atomic E-state index is 13.0. The van der Waals surface area contributed by atoms with Crippen LogP contribution in [-0.4, -0.2) is 107 Å². The van der Waals surface area contributed by atoms with Gasteiger partial charge in [0, 0.05) is 31.2 Å². The zero-order valence-electron chi connectivity index (χ0n) is 19.7. The first-order valence-electron chi connectivity index (χ1n) is 11.4. The van der Waals surface area contributed by atoms with E-state index in [-0.39, 0.29) is 60.1 Å². The van der Waals surface area contributed by atoms with E-state index in [0.29, 0.717) is 0 Å². The average Bonchev–Trinajstić information content (AvgIpc) is 3.41. The number of hydrogen-bond acceptors (Lipinski definition) is 13. The van der Waals surface area contributed by atoms with Crippen LogP contribution in [0.4, 0.5) is 0 Å². The van der Waals surface area contributed by atoms with Crippen molar-refractivity contribution in [3.63, 3.8) is 0 Å². The summed E-state index contributed by atoms with van der Waals surface area (Å²) in [6.07, 6.45) is 1.13. The Morgan fingerprint density at radius 1 is 1.22 bits per heavy atom. The van der Waals surface area contributed by atoms with Crippen LogP contribution in [0.15, 0.2) is 39.1 Å². The number of sulfone groups is 1. The average molecular weight is 535 g/mol. The van der Waals surface area contributed by atoms with Crippen molar-refractivity contribution in [2.24, 2.45) is 21.5 Å². The molecule has 1 aromatic carbocycles. The zero-order valence-corrected chi connectivity index (χ0v) is 20.5.